The second-order valence-electron chi connectivity index (χ2n) is 3.75. The number of hydrogen-bond donors (Lipinski definition) is 0. The molecule has 0 saturated carbocycles. The predicted octanol–water partition coefficient (Wildman–Crippen LogP) is 4.27. The van der Waals surface area contributed by atoms with Crippen molar-refractivity contribution in [3.63, 3.8) is 0 Å². The highest BCUT2D eigenvalue weighted by molar-refractivity contribution is 5.77. The zero-order chi connectivity index (χ0) is 10.6. The molecule has 0 fully saturated rings. The van der Waals surface area contributed by atoms with Crippen molar-refractivity contribution in [3.05, 3.63) is 12.2 Å². The average Bonchev–Trinajstić information content (AvgIpc) is 2.21. The normalized spacial score (nSPS) is 11.0. The molecule has 0 saturated heterocycles. The van der Waals surface area contributed by atoms with Crippen LogP contribution in [0.2, 0.25) is 0 Å². The zero-order valence-electron chi connectivity index (χ0n) is 9.72. The molecule has 0 rings (SSSR count). The maximum absolute atomic E-state index is 11.0. The van der Waals surface area contributed by atoms with E-state index in [4.69, 9.17) is 0 Å². The molecule has 0 bridgehead atoms. The summed E-state index contributed by atoms with van der Waals surface area (Å²) in [4.78, 5) is 11.0. The van der Waals surface area contributed by atoms with Gasteiger partial charge in [-0.1, -0.05) is 38.8 Å². The third-order valence-electron chi connectivity index (χ3n) is 2.36. The van der Waals surface area contributed by atoms with Crippen molar-refractivity contribution in [2.24, 2.45) is 0 Å². The molecule has 0 atom stereocenters. The van der Waals surface area contributed by atoms with E-state index in [9.17, 15) is 4.79 Å². The van der Waals surface area contributed by atoms with E-state index in [1.807, 2.05) is 6.92 Å². The highest BCUT2D eigenvalue weighted by atomic mass is 16.1. The number of unbranched alkanes of at least 4 members (excludes halogenated alkanes) is 4. The molecule has 0 aromatic rings. The van der Waals surface area contributed by atoms with E-state index < -0.39 is 0 Å². The van der Waals surface area contributed by atoms with Crippen molar-refractivity contribution in [3.8, 4) is 0 Å². The van der Waals surface area contributed by atoms with Gasteiger partial charge in [-0.15, -0.1) is 0 Å². The molecule has 0 aliphatic rings. The van der Waals surface area contributed by atoms with Gasteiger partial charge in [-0.2, -0.15) is 0 Å². The Kier molecular flexibility index (Phi) is 10.0. The van der Waals surface area contributed by atoms with Crippen LogP contribution in [0.3, 0.4) is 0 Å². The van der Waals surface area contributed by atoms with Gasteiger partial charge in [0.05, 0.1) is 0 Å². The van der Waals surface area contributed by atoms with Gasteiger partial charge < -0.3 is 0 Å². The summed E-state index contributed by atoms with van der Waals surface area (Å²) in [7, 11) is 0. The first-order valence-electron chi connectivity index (χ1n) is 5.98. The lowest BCUT2D eigenvalue weighted by Crippen LogP contribution is -1.93. The fourth-order valence-corrected chi connectivity index (χ4v) is 1.34. The SMILES string of the molecule is CCCCCC=CCCCC(=O)CC. The zero-order valence-corrected chi connectivity index (χ0v) is 9.72. The maximum Gasteiger partial charge on any atom is 0.132 e. The molecule has 0 aromatic heterocycles. The van der Waals surface area contributed by atoms with Gasteiger partial charge in [-0.25, -0.2) is 0 Å². The van der Waals surface area contributed by atoms with E-state index in [1.165, 1.54) is 25.7 Å². The van der Waals surface area contributed by atoms with Crippen LogP contribution in [-0.4, -0.2) is 5.78 Å². The quantitative estimate of drug-likeness (QED) is 0.397. The maximum atomic E-state index is 11.0. The van der Waals surface area contributed by atoms with Crippen molar-refractivity contribution < 1.29 is 4.79 Å². The molecular formula is C13H24O. The minimum atomic E-state index is 0.393. The highest BCUT2D eigenvalue weighted by Crippen LogP contribution is 2.03. The number of allylic oxidation sites excluding steroid dienone is 2. The van der Waals surface area contributed by atoms with Gasteiger partial charge >= 0.3 is 0 Å². The summed E-state index contributed by atoms with van der Waals surface area (Å²) in [5.41, 5.74) is 0. The van der Waals surface area contributed by atoms with Crippen molar-refractivity contribution in [1.29, 1.82) is 0 Å². The Balaban J connectivity index is 3.14. The highest BCUT2D eigenvalue weighted by Gasteiger charge is 1.95. The summed E-state index contributed by atoms with van der Waals surface area (Å²) in [5.74, 6) is 0.393. The molecule has 0 N–H and O–H groups in total. The molecule has 0 radical (unpaired) electrons. The predicted molar refractivity (Wildman–Crippen MR) is 62.4 cm³/mol. The molecule has 1 nitrogen and oxygen atoms in total. The smallest absolute Gasteiger partial charge is 0.132 e. The summed E-state index contributed by atoms with van der Waals surface area (Å²) in [6.07, 6.45) is 13.2. The lowest BCUT2D eigenvalue weighted by atomic mass is 10.1. The Morgan fingerprint density at radius 3 is 2.21 bits per heavy atom. The van der Waals surface area contributed by atoms with E-state index >= 15 is 0 Å². The van der Waals surface area contributed by atoms with Gasteiger partial charge in [-0.3, -0.25) is 4.79 Å². The summed E-state index contributed by atoms with van der Waals surface area (Å²) >= 11 is 0. The van der Waals surface area contributed by atoms with Crippen LogP contribution in [-0.2, 0) is 4.79 Å². The van der Waals surface area contributed by atoms with Crippen LogP contribution in [0.25, 0.3) is 0 Å². The van der Waals surface area contributed by atoms with Crippen LogP contribution in [0.1, 0.15) is 65.2 Å². The molecule has 0 amide bonds. The number of rotatable bonds is 9. The Morgan fingerprint density at radius 2 is 1.64 bits per heavy atom. The second-order valence-corrected chi connectivity index (χ2v) is 3.75. The Bertz CT molecular complexity index is 159. The number of carbonyl (C=O) groups is 1. The van der Waals surface area contributed by atoms with E-state index in [1.54, 1.807) is 0 Å². The van der Waals surface area contributed by atoms with Crippen LogP contribution in [0, 0.1) is 0 Å². The van der Waals surface area contributed by atoms with Gasteiger partial charge in [0.1, 0.15) is 5.78 Å². The van der Waals surface area contributed by atoms with Gasteiger partial charge in [0.2, 0.25) is 0 Å². The van der Waals surface area contributed by atoms with Crippen molar-refractivity contribution in [2.75, 3.05) is 0 Å². The second kappa shape index (κ2) is 10.5. The lowest BCUT2D eigenvalue weighted by molar-refractivity contribution is -0.118. The molecule has 0 aliphatic heterocycles. The van der Waals surface area contributed by atoms with Crippen LogP contribution in [0.5, 0.6) is 0 Å². The van der Waals surface area contributed by atoms with Crippen LogP contribution < -0.4 is 0 Å². The first kappa shape index (κ1) is 13.4. The molecule has 0 unspecified atom stereocenters. The minimum Gasteiger partial charge on any atom is -0.300 e. The van der Waals surface area contributed by atoms with E-state index in [2.05, 4.69) is 19.1 Å². The molecule has 0 spiro atoms. The molecule has 0 aliphatic carbocycles. The summed E-state index contributed by atoms with van der Waals surface area (Å²) in [5, 5.41) is 0. The summed E-state index contributed by atoms with van der Waals surface area (Å²) < 4.78 is 0. The number of ketones is 1. The summed E-state index contributed by atoms with van der Waals surface area (Å²) in [6, 6.07) is 0. The van der Waals surface area contributed by atoms with E-state index in [0.29, 0.717) is 12.2 Å². The van der Waals surface area contributed by atoms with Crippen molar-refractivity contribution in [1.82, 2.24) is 0 Å². The summed E-state index contributed by atoms with van der Waals surface area (Å²) in [6.45, 7) is 4.16. The fraction of sp³-hybridized carbons (Fsp3) is 0.769. The average molecular weight is 196 g/mol. The van der Waals surface area contributed by atoms with Crippen molar-refractivity contribution in [2.45, 2.75) is 65.2 Å². The Hall–Kier alpha value is -0.590. The van der Waals surface area contributed by atoms with Gasteiger partial charge in [0.25, 0.3) is 0 Å². The minimum absolute atomic E-state index is 0.393. The van der Waals surface area contributed by atoms with E-state index in [-0.39, 0.29) is 0 Å². The largest absolute Gasteiger partial charge is 0.300 e. The molecule has 14 heavy (non-hydrogen) atoms. The Labute approximate surface area is 88.6 Å². The molecule has 1 heteroatoms. The number of Topliss-reactive ketones (excluding diaryl/α,β-unsaturated/α-hetero) is 1. The van der Waals surface area contributed by atoms with Crippen LogP contribution in [0.4, 0.5) is 0 Å². The molecule has 82 valence electrons. The monoisotopic (exact) mass is 196 g/mol. The number of hydrogen-bond acceptors (Lipinski definition) is 1. The van der Waals surface area contributed by atoms with Crippen molar-refractivity contribution >= 4 is 5.78 Å². The van der Waals surface area contributed by atoms with E-state index in [0.717, 1.165) is 19.3 Å². The van der Waals surface area contributed by atoms with Gasteiger partial charge in [-0.05, 0) is 25.7 Å². The molecule has 0 heterocycles. The van der Waals surface area contributed by atoms with Crippen LogP contribution >= 0.6 is 0 Å². The van der Waals surface area contributed by atoms with Gasteiger partial charge in [0.15, 0.2) is 0 Å². The van der Waals surface area contributed by atoms with Crippen LogP contribution in [0.15, 0.2) is 12.2 Å². The third kappa shape index (κ3) is 9.50. The number of carbonyl (C=O) groups excluding carboxylic acids is 1. The fourth-order valence-electron chi connectivity index (χ4n) is 1.34. The lowest BCUT2D eigenvalue weighted by Gasteiger charge is -1.94. The standard InChI is InChI=1S/C13H24O/c1-3-5-6-7-8-9-10-11-12-13(14)4-2/h8-9H,3-7,10-12H2,1-2H3. The van der Waals surface area contributed by atoms with Gasteiger partial charge in [0, 0.05) is 12.8 Å². The first-order valence-corrected chi connectivity index (χ1v) is 5.98. The third-order valence-corrected chi connectivity index (χ3v) is 2.36. The topological polar surface area (TPSA) is 17.1 Å². The molecular weight excluding hydrogens is 172 g/mol. The first-order chi connectivity index (χ1) is 6.81. The Morgan fingerprint density at radius 1 is 1.00 bits per heavy atom. The molecule has 0 aromatic carbocycles.